The van der Waals surface area contributed by atoms with E-state index in [0.717, 1.165) is 11.1 Å². The Morgan fingerprint density at radius 1 is 1.07 bits per heavy atom. The first kappa shape index (κ1) is 28.5. The molecule has 0 spiro atoms. The van der Waals surface area contributed by atoms with Crippen molar-refractivity contribution in [2.45, 2.75) is 12.5 Å². The second kappa shape index (κ2) is 13.1. The number of imidazole rings is 1. The third kappa shape index (κ3) is 7.00. The maximum atomic E-state index is 13.2. The number of nitrogens with zero attached hydrogens (tertiary/aromatic N) is 5. The van der Waals surface area contributed by atoms with Crippen LogP contribution in [0.1, 0.15) is 23.0 Å². The molecule has 2 amide bonds. The molecular formula is C29H24Cl2N8O3. The van der Waals surface area contributed by atoms with Gasteiger partial charge >= 0.3 is 6.09 Å². The van der Waals surface area contributed by atoms with E-state index < -0.39 is 12.1 Å². The number of hydrogen-bond acceptors (Lipinski definition) is 7. The highest BCUT2D eigenvalue weighted by Crippen LogP contribution is 2.29. The van der Waals surface area contributed by atoms with Crippen LogP contribution >= 0.6 is 23.2 Å². The van der Waals surface area contributed by atoms with Crippen LogP contribution < -0.4 is 10.6 Å². The Kier molecular flexibility index (Phi) is 8.90. The third-order valence-electron chi connectivity index (χ3n) is 6.20. The molecule has 212 valence electrons. The number of benzene rings is 3. The Balaban J connectivity index is 1.39. The van der Waals surface area contributed by atoms with Gasteiger partial charge in [-0.2, -0.15) is 4.68 Å². The SMILES string of the molecule is COC(=O)Nc1ccc(-c2nc([C@H](Cc3ccccc3)NC(=O)C=Cc3cc(Cl)ccc3-n3cnnn3)[nH]c2Cl)cc1. The number of amides is 2. The van der Waals surface area contributed by atoms with Crippen molar-refractivity contribution in [3.63, 3.8) is 0 Å². The molecule has 0 saturated heterocycles. The number of nitrogens with one attached hydrogen (secondary N) is 3. The molecule has 2 heterocycles. The lowest BCUT2D eigenvalue weighted by Crippen LogP contribution is -2.29. The van der Waals surface area contributed by atoms with Gasteiger partial charge in [-0.25, -0.2) is 9.78 Å². The molecule has 0 saturated carbocycles. The van der Waals surface area contributed by atoms with Crippen LogP contribution in [0.5, 0.6) is 0 Å². The van der Waals surface area contributed by atoms with Crippen molar-refractivity contribution in [2.24, 2.45) is 0 Å². The highest BCUT2D eigenvalue weighted by Gasteiger charge is 2.21. The normalized spacial score (nSPS) is 11.8. The summed E-state index contributed by atoms with van der Waals surface area (Å²) in [5.41, 5.74) is 4.08. The molecule has 0 aliphatic carbocycles. The van der Waals surface area contributed by atoms with Crippen molar-refractivity contribution in [3.05, 3.63) is 112 Å². The number of aromatic amines is 1. The second-order valence-electron chi connectivity index (χ2n) is 9.02. The smallest absolute Gasteiger partial charge is 0.411 e. The molecule has 0 aliphatic heterocycles. The standard InChI is InChI=1S/C29H24Cl2N8O3/c1-42-29(41)33-22-11-7-19(8-12-22)26-27(31)36-28(35-26)23(15-18-5-3-2-4-6-18)34-25(40)14-9-20-16-21(30)10-13-24(20)39-17-32-37-38-39/h2-14,16-17,23H,15H2,1H3,(H,33,41)(H,34,40)(H,35,36)/t23-/m0/s1. The Hall–Kier alpha value is -5.00. The predicted octanol–water partition coefficient (Wildman–Crippen LogP) is 5.65. The van der Waals surface area contributed by atoms with Crippen molar-refractivity contribution < 1.29 is 14.3 Å². The zero-order chi connectivity index (χ0) is 29.5. The van der Waals surface area contributed by atoms with Crippen LogP contribution in [0.15, 0.2) is 85.2 Å². The van der Waals surface area contributed by atoms with Gasteiger partial charge in [0.1, 0.15) is 23.0 Å². The van der Waals surface area contributed by atoms with Gasteiger partial charge in [0.25, 0.3) is 0 Å². The van der Waals surface area contributed by atoms with Gasteiger partial charge in [0.2, 0.25) is 5.91 Å². The number of rotatable bonds is 9. The van der Waals surface area contributed by atoms with Crippen LogP contribution in [0, 0.1) is 0 Å². The van der Waals surface area contributed by atoms with Crippen LogP contribution in [0.4, 0.5) is 10.5 Å². The summed E-state index contributed by atoms with van der Waals surface area (Å²) in [5, 5.41) is 17.7. The highest BCUT2D eigenvalue weighted by molar-refractivity contribution is 6.32. The topological polar surface area (TPSA) is 140 Å². The molecule has 0 fully saturated rings. The summed E-state index contributed by atoms with van der Waals surface area (Å²) >= 11 is 12.8. The van der Waals surface area contributed by atoms with Gasteiger partial charge in [-0.15, -0.1) is 5.10 Å². The lowest BCUT2D eigenvalue weighted by Gasteiger charge is -2.16. The van der Waals surface area contributed by atoms with Gasteiger partial charge in [-0.05, 0) is 58.8 Å². The molecule has 5 rings (SSSR count). The molecule has 13 heteroatoms. The monoisotopic (exact) mass is 602 g/mol. The van der Waals surface area contributed by atoms with Crippen LogP contribution in [0.3, 0.4) is 0 Å². The zero-order valence-electron chi connectivity index (χ0n) is 22.2. The van der Waals surface area contributed by atoms with E-state index >= 15 is 0 Å². The van der Waals surface area contributed by atoms with Crippen molar-refractivity contribution >= 4 is 47.0 Å². The van der Waals surface area contributed by atoms with Crippen LogP contribution in [0.25, 0.3) is 23.0 Å². The van der Waals surface area contributed by atoms with Crippen LogP contribution in [-0.2, 0) is 16.0 Å². The fourth-order valence-corrected chi connectivity index (χ4v) is 4.62. The van der Waals surface area contributed by atoms with E-state index in [2.05, 4.69) is 35.9 Å². The molecule has 0 unspecified atom stereocenters. The quantitative estimate of drug-likeness (QED) is 0.185. The number of aromatic nitrogens is 6. The van der Waals surface area contributed by atoms with E-state index in [1.54, 1.807) is 48.5 Å². The summed E-state index contributed by atoms with van der Waals surface area (Å²) < 4.78 is 6.11. The molecule has 1 atom stereocenters. The molecular weight excluding hydrogens is 579 g/mol. The summed E-state index contributed by atoms with van der Waals surface area (Å²) in [7, 11) is 1.29. The van der Waals surface area contributed by atoms with Gasteiger partial charge in [0.15, 0.2) is 0 Å². The Morgan fingerprint density at radius 3 is 2.57 bits per heavy atom. The first-order chi connectivity index (χ1) is 20.4. The lowest BCUT2D eigenvalue weighted by atomic mass is 10.1. The summed E-state index contributed by atoms with van der Waals surface area (Å²) in [6.45, 7) is 0. The van der Waals surface area contributed by atoms with Crippen LogP contribution in [0.2, 0.25) is 10.2 Å². The fourth-order valence-electron chi connectivity index (χ4n) is 4.20. The number of tetrazole rings is 1. The van der Waals surface area contributed by atoms with E-state index in [0.29, 0.717) is 45.1 Å². The van der Waals surface area contributed by atoms with Gasteiger partial charge in [0, 0.05) is 27.9 Å². The lowest BCUT2D eigenvalue weighted by molar-refractivity contribution is -0.117. The van der Waals surface area contributed by atoms with Crippen molar-refractivity contribution in [3.8, 4) is 16.9 Å². The van der Waals surface area contributed by atoms with Crippen molar-refractivity contribution in [2.75, 3.05) is 12.4 Å². The summed E-state index contributed by atoms with van der Waals surface area (Å²) in [6.07, 6.45) is 4.40. The van der Waals surface area contributed by atoms with E-state index in [-0.39, 0.29) is 5.91 Å². The number of methoxy groups -OCH3 is 1. The largest absolute Gasteiger partial charge is 0.453 e. The number of carbonyl (C=O) groups excluding carboxylic acids is 2. The van der Waals surface area contributed by atoms with Gasteiger partial charge in [-0.1, -0.05) is 65.7 Å². The van der Waals surface area contributed by atoms with E-state index in [1.165, 1.54) is 24.2 Å². The molecule has 5 aromatic rings. The molecule has 0 bridgehead atoms. The minimum Gasteiger partial charge on any atom is -0.453 e. The van der Waals surface area contributed by atoms with Crippen molar-refractivity contribution in [1.29, 1.82) is 0 Å². The Morgan fingerprint density at radius 2 is 1.86 bits per heavy atom. The molecule has 11 nitrogen and oxygen atoms in total. The molecule has 0 radical (unpaired) electrons. The molecule has 42 heavy (non-hydrogen) atoms. The summed E-state index contributed by atoms with van der Waals surface area (Å²) in [6, 6.07) is 21.4. The maximum Gasteiger partial charge on any atom is 0.411 e. The minimum atomic E-state index is -0.571. The van der Waals surface area contributed by atoms with Gasteiger partial charge in [-0.3, -0.25) is 10.1 Å². The molecule has 2 aromatic heterocycles. The molecule has 0 aliphatic rings. The number of halogens is 2. The fraction of sp³-hybridized carbons (Fsp3) is 0.103. The number of ether oxygens (including phenoxy) is 1. The van der Waals surface area contributed by atoms with E-state index in [9.17, 15) is 9.59 Å². The van der Waals surface area contributed by atoms with Crippen molar-refractivity contribution in [1.82, 2.24) is 35.5 Å². The zero-order valence-corrected chi connectivity index (χ0v) is 23.7. The predicted molar refractivity (Wildman–Crippen MR) is 159 cm³/mol. The maximum absolute atomic E-state index is 13.2. The van der Waals surface area contributed by atoms with Gasteiger partial charge in [0.05, 0.1) is 18.8 Å². The number of anilines is 1. The van der Waals surface area contributed by atoms with Crippen LogP contribution in [-0.4, -0.2) is 49.3 Å². The van der Waals surface area contributed by atoms with E-state index in [1.807, 2.05) is 30.3 Å². The van der Waals surface area contributed by atoms with Gasteiger partial charge < -0.3 is 15.0 Å². The summed E-state index contributed by atoms with van der Waals surface area (Å²) in [4.78, 5) is 32.5. The molecule has 3 aromatic carbocycles. The number of H-pyrrole nitrogens is 1. The Bertz CT molecular complexity index is 1710. The minimum absolute atomic E-state index is 0.312. The number of hydrogen-bond donors (Lipinski definition) is 3. The Labute approximate surface area is 250 Å². The first-order valence-corrected chi connectivity index (χ1v) is 13.4. The third-order valence-corrected chi connectivity index (χ3v) is 6.71. The first-order valence-electron chi connectivity index (χ1n) is 12.7. The highest BCUT2D eigenvalue weighted by atomic mass is 35.5. The second-order valence-corrected chi connectivity index (χ2v) is 9.83. The average Bonchev–Trinajstić information content (AvgIpc) is 3.67. The van der Waals surface area contributed by atoms with E-state index in [4.69, 9.17) is 28.2 Å². The summed E-state index contributed by atoms with van der Waals surface area (Å²) in [5.74, 6) is 0.125. The average molecular weight is 603 g/mol. The number of carbonyl (C=O) groups is 2. The molecule has 3 N–H and O–H groups in total.